The number of anilines is 1. The number of nitrogens with one attached hydrogen (secondary N) is 2. The summed E-state index contributed by atoms with van der Waals surface area (Å²) in [7, 11) is 1.49. The zero-order valence-electron chi connectivity index (χ0n) is 15.8. The average molecular weight is 408 g/mol. The van der Waals surface area contributed by atoms with Gasteiger partial charge in [0, 0.05) is 18.7 Å². The summed E-state index contributed by atoms with van der Waals surface area (Å²) in [5.74, 6) is -3.09. The number of likely N-dealkylation sites (tertiary alicyclic amines) is 1. The predicted octanol–water partition coefficient (Wildman–Crippen LogP) is 0.396. The summed E-state index contributed by atoms with van der Waals surface area (Å²) in [5, 5.41) is 16.6. The van der Waals surface area contributed by atoms with E-state index >= 15 is 0 Å². The number of halogens is 1. The molecule has 0 radical (unpaired) electrons. The van der Waals surface area contributed by atoms with Crippen LogP contribution >= 0.6 is 11.6 Å². The maximum Gasteiger partial charge on any atom is 0.250 e. The predicted molar refractivity (Wildman–Crippen MR) is 101 cm³/mol. The lowest BCUT2D eigenvalue weighted by atomic mass is 9.76. The van der Waals surface area contributed by atoms with E-state index in [1.165, 1.54) is 7.11 Å². The lowest BCUT2D eigenvalue weighted by Crippen LogP contribution is -2.55. The number of aryl methyl sites for hydroxylation is 1. The van der Waals surface area contributed by atoms with Crippen LogP contribution in [0.25, 0.3) is 0 Å². The maximum absolute atomic E-state index is 13.3. The molecule has 3 N–H and O–H groups in total. The second-order valence-electron chi connectivity index (χ2n) is 7.67. The van der Waals surface area contributed by atoms with Crippen LogP contribution in [0.1, 0.15) is 18.1 Å². The van der Waals surface area contributed by atoms with Gasteiger partial charge in [0.05, 0.1) is 41.8 Å². The molecule has 3 amide bonds. The quantitative estimate of drug-likeness (QED) is 0.623. The summed E-state index contributed by atoms with van der Waals surface area (Å²) in [6.45, 7) is 3.69. The van der Waals surface area contributed by atoms with Gasteiger partial charge in [0.1, 0.15) is 5.54 Å². The molecule has 0 unspecified atom stereocenters. The van der Waals surface area contributed by atoms with E-state index in [1.54, 1.807) is 19.1 Å². The van der Waals surface area contributed by atoms with Gasteiger partial charge >= 0.3 is 0 Å². The molecule has 0 saturated carbocycles. The standard InChI is InChI=1S/C19H22ClN3O5/c1-8-6-10-15(11(20)7-8)21-18(27)19(10)13-12(14(22-19)9(2)24)16(25)23(17(13)26)4-5-28-3/h6-7,9,12-14,22,24H,4-5H2,1-3H3,(H,21,27)/t9-,12-,13+,14-,19-/m0/s1. The first-order valence-corrected chi connectivity index (χ1v) is 9.53. The molecule has 1 aromatic rings. The van der Waals surface area contributed by atoms with Crippen molar-refractivity contribution in [2.24, 2.45) is 11.8 Å². The van der Waals surface area contributed by atoms with Gasteiger partial charge in [0.15, 0.2) is 0 Å². The van der Waals surface area contributed by atoms with E-state index in [9.17, 15) is 19.5 Å². The van der Waals surface area contributed by atoms with Crippen LogP contribution in [-0.4, -0.2) is 60.1 Å². The third-order valence-electron chi connectivity index (χ3n) is 5.98. The Bertz CT molecular complexity index is 889. The molecular weight excluding hydrogens is 386 g/mol. The molecule has 2 fully saturated rings. The minimum absolute atomic E-state index is 0.104. The van der Waals surface area contributed by atoms with Crippen molar-refractivity contribution in [2.75, 3.05) is 25.6 Å². The molecule has 3 heterocycles. The van der Waals surface area contributed by atoms with Crippen LogP contribution in [0, 0.1) is 18.8 Å². The van der Waals surface area contributed by atoms with Crippen LogP contribution < -0.4 is 10.6 Å². The van der Waals surface area contributed by atoms with Gasteiger partial charge in [-0.2, -0.15) is 0 Å². The number of fused-ring (bicyclic) bond motifs is 4. The highest BCUT2D eigenvalue weighted by molar-refractivity contribution is 6.35. The first-order valence-electron chi connectivity index (χ1n) is 9.16. The molecule has 0 aromatic heterocycles. The minimum atomic E-state index is -1.45. The zero-order chi connectivity index (χ0) is 20.4. The van der Waals surface area contributed by atoms with E-state index in [0.29, 0.717) is 16.3 Å². The number of benzene rings is 1. The van der Waals surface area contributed by atoms with Gasteiger partial charge in [-0.25, -0.2) is 0 Å². The molecule has 28 heavy (non-hydrogen) atoms. The van der Waals surface area contributed by atoms with E-state index in [2.05, 4.69) is 10.6 Å². The largest absolute Gasteiger partial charge is 0.392 e. The Kier molecular flexibility index (Phi) is 4.50. The van der Waals surface area contributed by atoms with Crippen LogP contribution in [0.2, 0.25) is 5.02 Å². The molecule has 2 saturated heterocycles. The van der Waals surface area contributed by atoms with Gasteiger partial charge < -0.3 is 15.2 Å². The van der Waals surface area contributed by atoms with Crippen molar-refractivity contribution in [3.63, 3.8) is 0 Å². The third-order valence-corrected chi connectivity index (χ3v) is 6.28. The number of carbonyl (C=O) groups is 3. The van der Waals surface area contributed by atoms with Crippen molar-refractivity contribution in [3.05, 3.63) is 28.3 Å². The number of rotatable bonds is 4. The fraction of sp³-hybridized carbons (Fsp3) is 0.526. The summed E-state index contributed by atoms with van der Waals surface area (Å²) in [6.07, 6.45) is -0.942. The highest BCUT2D eigenvalue weighted by atomic mass is 35.5. The van der Waals surface area contributed by atoms with Crippen LogP contribution in [0.15, 0.2) is 12.1 Å². The molecule has 4 rings (SSSR count). The monoisotopic (exact) mass is 407 g/mol. The molecule has 8 nitrogen and oxygen atoms in total. The van der Waals surface area contributed by atoms with Gasteiger partial charge in [-0.3, -0.25) is 24.6 Å². The summed E-state index contributed by atoms with van der Waals surface area (Å²) >= 11 is 6.34. The molecule has 1 spiro atoms. The normalized spacial score (nSPS) is 32.1. The molecule has 0 bridgehead atoms. The van der Waals surface area contributed by atoms with Crippen LogP contribution in [0.4, 0.5) is 5.69 Å². The Labute approximate surface area is 167 Å². The van der Waals surface area contributed by atoms with Crippen molar-refractivity contribution in [2.45, 2.75) is 31.5 Å². The average Bonchev–Trinajstić information content (AvgIpc) is 3.21. The Morgan fingerprint density at radius 1 is 1.32 bits per heavy atom. The van der Waals surface area contributed by atoms with E-state index in [0.717, 1.165) is 10.5 Å². The van der Waals surface area contributed by atoms with Crippen molar-refractivity contribution >= 4 is 35.0 Å². The fourth-order valence-electron chi connectivity index (χ4n) is 4.80. The fourth-order valence-corrected chi connectivity index (χ4v) is 5.12. The molecule has 5 atom stereocenters. The first-order chi connectivity index (χ1) is 13.2. The highest BCUT2D eigenvalue weighted by Crippen LogP contribution is 2.54. The lowest BCUT2D eigenvalue weighted by molar-refractivity contribution is -0.143. The Balaban J connectivity index is 1.89. The van der Waals surface area contributed by atoms with Crippen molar-refractivity contribution in [3.8, 4) is 0 Å². The van der Waals surface area contributed by atoms with Crippen molar-refractivity contribution in [1.29, 1.82) is 0 Å². The smallest absolute Gasteiger partial charge is 0.250 e. The molecule has 9 heteroatoms. The number of hydrogen-bond donors (Lipinski definition) is 3. The number of aliphatic hydroxyl groups excluding tert-OH is 1. The number of aliphatic hydroxyl groups is 1. The minimum Gasteiger partial charge on any atom is -0.392 e. The number of imide groups is 1. The number of hydrogen-bond acceptors (Lipinski definition) is 6. The zero-order valence-corrected chi connectivity index (χ0v) is 16.5. The molecule has 0 aliphatic carbocycles. The van der Waals surface area contributed by atoms with Crippen LogP contribution in [-0.2, 0) is 24.7 Å². The Morgan fingerprint density at radius 2 is 2.04 bits per heavy atom. The van der Waals surface area contributed by atoms with Gasteiger partial charge in [0.2, 0.25) is 17.7 Å². The van der Waals surface area contributed by atoms with Gasteiger partial charge in [-0.1, -0.05) is 17.7 Å². The summed E-state index contributed by atoms with van der Waals surface area (Å²) in [6, 6.07) is 2.78. The third kappa shape index (κ3) is 2.38. The second kappa shape index (κ2) is 6.52. The summed E-state index contributed by atoms with van der Waals surface area (Å²) in [4.78, 5) is 40.6. The Morgan fingerprint density at radius 3 is 2.68 bits per heavy atom. The number of nitrogens with zero attached hydrogens (tertiary/aromatic N) is 1. The lowest BCUT2D eigenvalue weighted by Gasteiger charge is -2.30. The number of amides is 3. The molecular formula is C19H22ClN3O5. The SMILES string of the molecule is COCCN1C(=O)[C@@H]2[C@H]([C@H](C)O)N[C@]3(C(=O)Nc4c(Cl)cc(C)cc43)[C@H]2C1=O. The van der Waals surface area contributed by atoms with E-state index in [4.69, 9.17) is 16.3 Å². The topological polar surface area (TPSA) is 108 Å². The van der Waals surface area contributed by atoms with Crippen LogP contribution in [0.5, 0.6) is 0 Å². The second-order valence-corrected chi connectivity index (χ2v) is 8.07. The number of ether oxygens (including phenoxy) is 1. The van der Waals surface area contributed by atoms with Crippen molar-refractivity contribution < 1.29 is 24.2 Å². The van der Waals surface area contributed by atoms with Crippen LogP contribution in [0.3, 0.4) is 0 Å². The highest BCUT2D eigenvalue weighted by Gasteiger charge is 2.71. The maximum atomic E-state index is 13.3. The van der Waals surface area contributed by atoms with Gasteiger partial charge in [-0.05, 0) is 25.5 Å². The number of methoxy groups -OCH3 is 1. The van der Waals surface area contributed by atoms with Gasteiger partial charge in [-0.15, -0.1) is 0 Å². The summed E-state index contributed by atoms with van der Waals surface area (Å²) < 4.78 is 5.01. The number of carbonyl (C=O) groups excluding carboxylic acids is 3. The van der Waals surface area contributed by atoms with Gasteiger partial charge in [0.25, 0.3) is 0 Å². The molecule has 150 valence electrons. The van der Waals surface area contributed by atoms with E-state index in [-0.39, 0.29) is 13.2 Å². The molecule has 3 aliphatic heterocycles. The Hall–Kier alpha value is -2.00. The van der Waals surface area contributed by atoms with E-state index in [1.807, 2.05) is 6.92 Å². The summed E-state index contributed by atoms with van der Waals surface area (Å²) in [5.41, 5.74) is 0.346. The molecule has 3 aliphatic rings. The van der Waals surface area contributed by atoms with E-state index < -0.39 is 47.2 Å². The molecule has 1 aromatic carbocycles. The van der Waals surface area contributed by atoms with Crippen molar-refractivity contribution in [1.82, 2.24) is 10.2 Å². The first kappa shape index (κ1) is 19.3.